The fourth-order valence-electron chi connectivity index (χ4n) is 5.23. The van der Waals surface area contributed by atoms with E-state index in [4.69, 9.17) is 16.2 Å². The molecule has 2 fully saturated rings. The van der Waals surface area contributed by atoms with Crippen LogP contribution in [0.2, 0.25) is 0 Å². The Kier molecular flexibility index (Phi) is 4.03. The van der Waals surface area contributed by atoms with Crippen molar-refractivity contribution in [2.75, 3.05) is 18.1 Å². The molecule has 1 saturated carbocycles. The van der Waals surface area contributed by atoms with Gasteiger partial charge in [-0.05, 0) is 36.6 Å². The lowest BCUT2D eigenvalue weighted by molar-refractivity contribution is -0.0309. The average molecular weight is 439 g/mol. The second kappa shape index (κ2) is 6.60. The van der Waals surface area contributed by atoms with Crippen molar-refractivity contribution in [3.05, 3.63) is 42.4 Å². The number of ether oxygens (including phenoxy) is 1. The molecule has 0 amide bonds. The molecule has 1 aliphatic heterocycles. The molecule has 4 aromatic rings. The van der Waals surface area contributed by atoms with E-state index in [-0.39, 0.29) is 12.1 Å². The van der Waals surface area contributed by atoms with E-state index in [1.807, 2.05) is 35.0 Å². The molecule has 5 unspecified atom stereocenters. The smallest absolute Gasteiger partial charge is 0.181 e. The average Bonchev–Trinajstić information content (AvgIpc) is 3.50. The lowest BCUT2D eigenvalue weighted by Crippen LogP contribution is -2.37. The van der Waals surface area contributed by atoms with Gasteiger partial charge in [-0.15, -0.1) is 0 Å². The van der Waals surface area contributed by atoms with Gasteiger partial charge in [0.2, 0.25) is 0 Å². The van der Waals surface area contributed by atoms with Gasteiger partial charge < -0.3 is 31.0 Å². The van der Waals surface area contributed by atoms with Crippen molar-refractivity contribution in [3.8, 4) is 0 Å². The number of benzene rings is 1. The minimum absolute atomic E-state index is 0.174. The Labute approximate surface area is 181 Å². The number of nitrogen functional groups attached to an aromatic ring is 2. The second-order valence-corrected chi connectivity index (χ2v) is 9.63. The molecule has 1 saturated heterocycles. The van der Waals surface area contributed by atoms with Crippen LogP contribution in [0.25, 0.3) is 21.3 Å². The number of anilines is 2. The quantitative estimate of drug-likeness (QED) is 0.372. The highest BCUT2D eigenvalue weighted by atomic mass is 32.1. The van der Waals surface area contributed by atoms with Crippen molar-refractivity contribution >= 4 is 43.5 Å². The van der Waals surface area contributed by atoms with Crippen molar-refractivity contribution in [2.45, 2.75) is 37.2 Å². The van der Waals surface area contributed by atoms with Crippen molar-refractivity contribution in [3.63, 3.8) is 0 Å². The molecule has 4 heterocycles. The van der Waals surface area contributed by atoms with Crippen LogP contribution in [0.15, 0.2) is 36.8 Å². The molecular formula is C21H22N6O3S. The van der Waals surface area contributed by atoms with Crippen LogP contribution in [0.4, 0.5) is 10.9 Å². The van der Waals surface area contributed by atoms with Gasteiger partial charge >= 0.3 is 0 Å². The zero-order valence-corrected chi connectivity index (χ0v) is 17.4. The van der Waals surface area contributed by atoms with Gasteiger partial charge in [0.05, 0.1) is 40.5 Å². The first kappa shape index (κ1) is 18.9. The summed E-state index contributed by atoms with van der Waals surface area (Å²) in [4.78, 5) is 12.7. The van der Waals surface area contributed by atoms with Crippen LogP contribution in [-0.2, 0) is 4.74 Å². The van der Waals surface area contributed by atoms with Crippen molar-refractivity contribution in [1.29, 1.82) is 0 Å². The minimum atomic E-state index is -0.935. The summed E-state index contributed by atoms with van der Waals surface area (Å²) < 4.78 is 9.07. The zero-order valence-electron chi connectivity index (χ0n) is 16.5. The number of hydrogen-bond donors (Lipinski definition) is 4. The predicted molar refractivity (Wildman–Crippen MR) is 117 cm³/mol. The third-order valence-corrected chi connectivity index (χ3v) is 7.69. The van der Waals surface area contributed by atoms with Gasteiger partial charge in [0.25, 0.3) is 0 Å². The fraction of sp³-hybridized carbons (Fsp3) is 0.381. The van der Waals surface area contributed by atoms with Crippen molar-refractivity contribution in [2.24, 2.45) is 5.41 Å². The summed E-state index contributed by atoms with van der Waals surface area (Å²) in [7, 11) is 0. The molecule has 31 heavy (non-hydrogen) atoms. The van der Waals surface area contributed by atoms with E-state index in [2.05, 4.69) is 15.0 Å². The molecule has 10 heteroatoms. The standard InChI is InChI=1S/C21H22N6O3S/c22-18-11-3-4-27(19(11)25-9-24-18)13-6-21(17(29)16(13)28)7-14(30-8-21)10-1-2-15-12(5-10)26-20(23)31-15/h1-5,9,13-14,16-17,28-29H,6-8H2,(H2,23,26)(H2,22,24,25). The maximum absolute atomic E-state index is 11.1. The molecule has 3 aromatic heterocycles. The maximum atomic E-state index is 11.1. The van der Waals surface area contributed by atoms with E-state index in [0.29, 0.717) is 36.0 Å². The van der Waals surface area contributed by atoms with Gasteiger partial charge in [0.15, 0.2) is 5.13 Å². The predicted octanol–water partition coefficient (Wildman–Crippen LogP) is 2.02. The Morgan fingerprint density at radius 2 is 2.03 bits per heavy atom. The summed E-state index contributed by atoms with van der Waals surface area (Å²) in [6.07, 6.45) is 2.44. The highest BCUT2D eigenvalue weighted by molar-refractivity contribution is 7.22. The molecule has 160 valence electrons. The van der Waals surface area contributed by atoms with Crippen LogP contribution in [0, 0.1) is 5.41 Å². The third-order valence-electron chi connectivity index (χ3n) is 6.82. The van der Waals surface area contributed by atoms with E-state index in [9.17, 15) is 10.2 Å². The summed E-state index contributed by atoms with van der Waals surface area (Å²) in [6, 6.07) is 7.55. The van der Waals surface area contributed by atoms with Crippen LogP contribution < -0.4 is 11.5 Å². The number of aliphatic hydroxyl groups excluding tert-OH is 2. The first-order valence-electron chi connectivity index (χ1n) is 10.2. The van der Waals surface area contributed by atoms with E-state index in [1.165, 1.54) is 17.7 Å². The fourth-order valence-corrected chi connectivity index (χ4v) is 5.94. The number of nitrogens with two attached hydrogens (primary N) is 2. The van der Waals surface area contributed by atoms with E-state index in [0.717, 1.165) is 21.2 Å². The van der Waals surface area contributed by atoms with Gasteiger partial charge in [0.1, 0.15) is 23.9 Å². The van der Waals surface area contributed by atoms with Gasteiger partial charge in [-0.25, -0.2) is 15.0 Å². The number of rotatable bonds is 2. The van der Waals surface area contributed by atoms with Gasteiger partial charge in [-0.3, -0.25) is 0 Å². The lowest BCUT2D eigenvalue weighted by atomic mass is 9.80. The highest BCUT2D eigenvalue weighted by Gasteiger charge is 2.57. The topological polar surface area (TPSA) is 145 Å². The molecule has 1 aliphatic carbocycles. The van der Waals surface area contributed by atoms with Crippen molar-refractivity contribution < 1.29 is 14.9 Å². The van der Waals surface area contributed by atoms with Crippen LogP contribution >= 0.6 is 11.3 Å². The Bertz CT molecular complexity index is 1310. The van der Waals surface area contributed by atoms with Gasteiger partial charge in [-0.1, -0.05) is 17.4 Å². The number of aliphatic hydroxyl groups is 2. The first-order chi connectivity index (χ1) is 14.9. The molecule has 6 N–H and O–H groups in total. The number of thiazole rings is 1. The number of fused-ring (bicyclic) bond motifs is 2. The Morgan fingerprint density at radius 3 is 2.90 bits per heavy atom. The molecule has 1 aromatic carbocycles. The summed E-state index contributed by atoms with van der Waals surface area (Å²) in [5.74, 6) is 0.397. The largest absolute Gasteiger partial charge is 0.390 e. The minimum Gasteiger partial charge on any atom is -0.390 e. The molecule has 1 spiro atoms. The van der Waals surface area contributed by atoms with Crippen LogP contribution in [0.1, 0.15) is 30.6 Å². The van der Waals surface area contributed by atoms with Crippen LogP contribution in [-0.4, -0.2) is 48.5 Å². The zero-order chi connectivity index (χ0) is 21.3. The van der Waals surface area contributed by atoms with E-state index < -0.39 is 17.6 Å². The Balaban J connectivity index is 1.31. The van der Waals surface area contributed by atoms with Crippen molar-refractivity contribution in [1.82, 2.24) is 19.5 Å². The molecule has 9 nitrogen and oxygen atoms in total. The number of nitrogens with zero attached hydrogens (tertiary/aromatic N) is 4. The monoisotopic (exact) mass is 438 g/mol. The molecule has 0 bridgehead atoms. The van der Waals surface area contributed by atoms with Gasteiger partial charge in [-0.2, -0.15) is 0 Å². The van der Waals surface area contributed by atoms with Gasteiger partial charge in [0, 0.05) is 11.6 Å². The number of aromatic nitrogens is 4. The molecular weight excluding hydrogens is 416 g/mol. The summed E-state index contributed by atoms with van der Waals surface area (Å²) in [6.45, 7) is 0.375. The molecule has 2 aliphatic rings. The number of hydrogen-bond acceptors (Lipinski definition) is 9. The molecule has 6 rings (SSSR count). The van der Waals surface area contributed by atoms with Crippen LogP contribution in [0.5, 0.6) is 0 Å². The maximum Gasteiger partial charge on any atom is 0.181 e. The Hall–Kier alpha value is -2.79. The Morgan fingerprint density at radius 1 is 1.16 bits per heavy atom. The first-order valence-corrected chi connectivity index (χ1v) is 11.0. The SMILES string of the molecule is Nc1nc2cc(C3CC4(CO3)CC(n3ccc5c(N)ncnc53)C(O)C4O)ccc2s1. The summed E-state index contributed by atoms with van der Waals surface area (Å²) in [5.41, 5.74) is 13.8. The summed E-state index contributed by atoms with van der Waals surface area (Å²) >= 11 is 1.45. The normalized spacial score (nSPS) is 30.8. The summed E-state index contributed by atoms with van der Waals surface area (Å²) in [5, 5.41) is 23.3. The molecule has 5 atom stereocenters. The second-order valence-electron chi connectivity index (χ2n) is 8.57. The third kappa shape index (κ3) is 2.76. The van der Waals surface area contributed by atoms with E-state index in [1.54, 1.807) is 0 Å². The van der Waals surface area contributed by atoms with Crippen LogP contribution in [0.3, 0.4) is 0 Å². The van der Waals surface area contributed by atoms with E-state index >= 15 is 0 Å². The highest BCUT2D eigenvalue weighted by Crippen LogP contribution is 2.55. The lowest BCUT2D eigenvalue weighted by Gasteiger charge is -2.26. The molecule has 0 radical (unpaired) electrons.